The number of aryl methyl sites for hydroxylation is 3. The highest BCUT2D eigenvalue weighted by Crippen LogP contribution is 2.43. The first-order valence-corrected chi connectivity index (χ1v) is 25.3. The first kappa shape index (κ1) is 55.0. The van der Waals surface area contributed by atoms with E-state index in [-0.39, 0.29) is 61.3 Å². The van der Waals surface area contributed by atoms with E-state index in [1.165, 1.54) is 0 Å². The molecule has 2 saturated heterocycles. The van der Waals surface area contributed by atoms with E-state index in [2.05, 4.69) is 15.3 Å². The van der Waals surface area contributed by atoms with Crippen LogP contribution in [-0.4, -0.2) is 167 Å². The number of fused-ring (bicyclic) bond motifs is 8. The quantitative estimate of drug-likeness (QED) is 0.104. The Labute approximate surface area is 427 Å². The van der Waals surface area contributed by atoms with E-state index in [9.17, 15) is 45.0 Å². The summed E-state index contributed by atoms with van der Waals surface area (Å²) in [6.45, 7) is 11.3. The van der Waals surface area contributed by atoms with Gasteiger partial charge in [0, 0.05) is 71.2 Å². The molecule has 0 aromatic carbocycles. The second-order valence-electron chi connectivity index (χ2n) is 20.5. The monoisotopic (exact) mass is 1030 g/mol. The van der Waals surface area contributed by atoms with E-state index in [1.807, 2.05) is 46.8 Å². The number of amides is 1. The van der Waals surface area contributed by atoms with Gasteiger partial charge in [-0.25, -0.2) is 9.78 Å². The summed E-state index contributed by atoms with van der Waals surface area (Å²) >= 11 is 0. The molecule has 19 N–H and O–H groups in total. The Kier molecular flexibility index (Phi) is 16.5. The largest absolute Gasteiger partial charge is 0.481 e. The number of nitrogens with one attached hydrogen (secondary N) is 3. The average molecular weight is 1030 g/mol. The Morgan fingerprint density at radius 2 is 1.41 bits per heavy atom. The highest BCUT2D eigenvalue weighted by atomic mass is 16.7. The summed E-state index contributed by atoms with van der Waals surface area (Å²) in [7, 11) is 0. The van der Waals surface area contributed by atoms with Crippen molar-refractivity contribution < 1.29 is 64.0 Å². The molecule has 1 saturated carbocycles. The number of carbonyl (C=O) groups excluding carboxylic acids is 1. The number of ether oxygens (including phenoxy) is 4. The molecule has 0 spiro atoms. The van der Waals surface area contributed by atoms with Crippen LogP contribution in [0.15, 0.2) is 18.2 Å². The minimum Gasteiger partial charge on any atom is -0.481 e. The summed E-state index contributed by atoms with van der Waals surface area (Å²) in [5.74, 6) is -3.93. The number of carboxylic acid groups (broad SMARTS) is 2. The molecule has 8 rings (SSSR count). The van der Waals surface area contributed by atoms with Gasteiger partial charge in [0.15, 0.2) is 12.6 Å². The zero-order valence-electron chi connectivity index (χ0n) is 42.4. The van der Waals surface area contributed by atoms with Gasteiger partial charge < -0.3 is 93.5 Å². The third-order valence-electron chi connectivity index (χ3n) is 15.8. The third kappa shape index (κ3) is 10.6. The van der Waals surface area contributed by atoms with E-state index in [4.69, 9.17) is 57.6 Å². The van der Waals surface area contributed by atoms with Crippen LogP contribution in [0.4, 0.5) is 0 Å². The van der Waals surface area contributed by atoms with Crippen LogP contribution >= 0.6 is 0 Å². The highest BCUT2D eigenvalue weighted by Gasteiger charge is 2.50. The van der Waals surface area contributed by atoms with Crippen LogP contribution in [0.5, 0.6) is 0 Å². The number of aromatic nitrogens is 4. The minimum absolute atomic E-state index is 0.00874. The van der Waals surface area contributed by atoms with Crippen molar-refractivity contribution in [2.24, 2.45) is 28.7 Å². The van der Waals surface area contributed by atoms with Crippen LogP contribution in [0, 0.1) is 20.8 Å². The lowest BCUT2D eigenvalue weighted by atomic mass is 9.84. The van der Waals surface area contributed by atoms with Crippen molar-refractivity contribution in [3.63, 3.8) is 0 Å². The third-order valence-corrected chi connectivity index (χ3v) is 15.8. The second kappa shape index (κ2) is 22.1. The predicted molar refractivity (Wildman–Crippen MR) is 271 cm³/mol. The van der Waals surface area contributed by atoms with Crippen molar-refractivity contribution in [1.29, 1.82) is 0 Å². The number of H-pyrrole nitrogens is 2. The number of aromatic amines is 2. The molecule has 3 aromatic rings. The van der Waals surface area contributed by atoms with Crippen molar-refractivity contribution in [2.75, 3.05) is 13.1 Å². The van der Waals surface area contributed by atoms with E-state index < -0.39 is 116 Å². The fourth-order valence-electron chi connectivity index (χ4n) is 11.1. The van der Waals surface area contributed by atoms with Gasteiger partial charge in [0.05, 0.1) is 65.0 Å². The van der Waals surface area contributed by atoms with Crippen molar-refractivity contribution in [1.82, 2.24) is 25.3 Å². The standard InChI is InChI=1S/C51H72N10O13/c1-7-23-20(4)31-13-29-18(2)19(3)30(58-29)14-32-21(5)24(42(60-32)25(10-39(64)65)43-40(49(69)70)22(6)33(61-43)15-34(23)59-31)8-9-38(63)57-17-37-44(66)41(56)45(67)51(72-37)74-48-27(54)11-26(53)47(46(48)68)73-50-28(55)12-35(62)36(16-52)71-50/h13-15,21,24,26-28,35-37,41,44-48,50-51,58,61-62,66-68H,7-12,16-17,52-56H2,1-6H3,(H,57,63)(H,64,65)(H,69,70)/t21-,24-,26?,27?,28?,35?,36?,37?,41?,44?,45?,46?,47?,48?,50?,51?/m0/s1. The predicted octanol–water partition coefficient (Wildman–Crippen LogP) is 0.415. The maximum Gasteiger partial charge on any atom is 0.338 e. The number of aromatic carboxylic acids is 1. The molecule has 23 nitrogen and oxygen atoms in total. The van der Waals surface area contributed by atoms with Gasteiger partial charge in [-0.15, -0.1) is 0 Å². The van der Waals surface area contributed by atoms with Crippen LogP contribution in [0.3, 0.4) is 0 Å². The Balaban J connectivity index is 1.05. The molecule has 8 bridgehead atoms. The summed E-state index contributed by atoms with van der Waals surface area (Å²) in [5.41, 5.74) is 39.9. The van der Waals surface area contributed by atoms with E-state index >= 15 is 0 Å². The van der Waals surface area contributed by atoms with Gasteiger partial charge in [0.25, 0.3) is 0 Å². The van der Waals surface area contributed by atoms with E-state index in [1.54, 1.807) is 13.0 Å². The summed E-state index contributed by atoms with van der Waals surface area (Å²) < 4.78 is 24.0. The lowest BCUT2D eigenvalue weighted by Crippen LogP contribution is -2.68. The van der Waals surface area contributed by atoms with Gasteiger partial charge >= 0.3 is 11.9 Å². The Morgan fingerprint density at radius 1 is 0.784 bits per heavy atom. The molecule has 14 unspecified atom stereocenters. The number of aliphatic hydroxyl groups is 4. The zero-order valence-corrected chi connectivity index (χ0v) is 42.4. The summed E-state index contributed by atoms with van der Waals surface area (Å²) in [6, 6.07) is 1.91. The first-order valence-electron chi connectivity index (χ1n) is 25.3. The number of aliphatic hydroxyl groups excluding tert-OH is 4. The summed E-state index contributed by atoms with van der Waals surface area (Å²) in [6.07, 6.45) is -12.2. The first-order chi connectivity index (χ1) is 35.0. The fourth-order valence-corrected chi connectivity index (χ4v) is 11.1. The molecule has 7 heterocycles. The molecule has 74 heavy (non-hydrogen) atoms. The van der Waals surface area contributed by atoms with Crippen LogP contribution in [0.2, 0.25) is 0 Å². The van der Waals surface area contributed by atoms with E-state index in [0.717, 1.165) is 39.0 Å². The van der Waals surface area contributed by atoms with Gasteiger partial charge in [-0.2, -0.15) is 0 Å². The molecule has 404 valence electrons. The van der Waals surface area contributed by atoms with Gasteiger partial charge in [-0.3, -0.25) is 14.6 Å². The molecule has 4 aliphatic heterocycles. The van der Waals surface area contributed by atoms with Crippen LogP contribution < -0.4 is 34.0 Å². The number of hydrogen-bond acceptors (Lipinski definition) is 18. The average Bonchev–Trinajstić information content (AvgIpc) is 4.02. The maximum absolute atomic E-state index is 13.9. The minimum atomic E-state index is -1.61. The number of allylic oxidation sites excluding steroid dienone is 2. The Hall–Kier alpha value is -5.25. The summed E-state index contributed by atoms with van der Waals surface area (Å²) in [5, 5.41) is 68.1. The summed E-state index contributed by atoms with van der Waals surface area (Å²) in [4.78, 5) is 56.7. The number of rotatable bonds is 14. The number of carbonyl (C=O) groups is 3. The SMILES string of the molecule is CCC1=C(C)c2cc3[nH]c(cc4nc(c(CC(=O)O)c5[nH]c(cc1n2)c(C)c5C(=O)O)[C@@H](CCC(=O)NCC1OC(OC2C(N)CC(N)C(OC5OC(CN)C(O)CC5N)C2O)C(O)C(N)C1O)[C@@H]4C)c(C)c3C. The van der Waals surface area contributed by atoms with Crippen molar-refractivity contribution in [3.05, 3.63) is 68.8 Å². The Bertz CT molecular complexity index is 2840. The lowest BCUT2D eigenvalue weighted by Gasteiger charge is -2.48. The zero-order chi connectivity index (χ0) is 53.8. The molecule has 23 heteroatoms. The second-order valence-corrected chi connectivity index (χ2v) is 20.5. The number of aliphatic carboxylic acids is 1. The van der Waals surface area contributed by atoms with Gasteiger partial charge in [0.2, 0.25) is 5.91 Å². The molecular formula is C51H72N10O13. The topological polar surface area (TPSA) is 409 Å². The van der Waals surface area contributed by atoms with Gasteiger partial charge in [-0.1, -0.05) is 13.8 Å². The highest BCUT2D eigenvalue weighted by molar-refractivity contribution is 6.02. The number of nitrogens with zero attached hydrogens (tertiary/aromatic N) is 2. The number of carboxylic acids is 2. The lowest BCUT2D eigenvalue weighted by molar-refractivity contribution is -0.311. The molecule has 0 radical (unpaired) electrons. The normalized spacial score (nSPS) is 32.4. The smallest absolute Gasteiger partial charge is 0.338 e. The van der Waals surface area contributed by atoms with Crippen LogP contribution in [-0.2, 0) is 35.0 Å². The van der Waals surface area contributed by atoms with Gasteiger partial charge in [0.1, 0.15) is 30.5 Å². The number of nitrogens with two attached hydrogens (primary N) is 5. The molecule has 1 aliphatic carbocycles. The molecular weight excluding hydrogens is 961 g/mol. The molecule has 3 aromatic heterocycles. The fraction of sp³-hybridized carbons (Fsp3) is 0.588. The van der Waals surface area contributed by atoms with Crippen molar-refractivity contribution in [3.8, 4) is 0 Å². The van der Waals surface area contributed by atoms with Crippen LogP contribution in [0.25, 0.3) is 33.2 Å². The molecule has 5 aliphatic rings. The molecule has 16 atom stereocenters. The number of hydrogen-bond donors (Lipinski definition) is 14. The Morgan fingerprint density at radius 3 is 2.04 bits per heavy atom. The van der Waals surface area contributed by atoms with E-state index in [0.29, 0.717) is 34.6 Å². The molecule has 1 amide bonds. The molecule has 3 fully saturated rings. The maximum atomic E-state index is 13.9. The van der Waals surface area contributed by atoms with Gasteiger partial charge in [-0.05, 0) is 99.4 Å². The van der Waals surface area contributed by atoms with Crippen molar-refractivity contribution in [2.45, 2.75) is 177 Å². The van der Waals surface area contributed by atoms with Crippen molar-refractivity contribution >= 4 is 51.1 Å². The van der Waals surface area contributed by atoms with Crippen LogP contribution in [0.1, 0.15) is 120 Å².